The number of β-lactam (4-membered cyclic amide) rings is 1. The second-order valence-electron chi connectivity index (χ2n) is 5.95. The van der Waals surface area contributed by atoms with Crippen molar-refractivity contribution in [1.29, 1.82) is 0 Å². The lowest BCUT2D eigenvalue weighted by Gasteiger charge is -2.42. The van der Waals surface area contributed by atoms with E-state index in [0.717, 1.165) is 5.56 Å². The third kappa shape index (κ3) is 3.59. The lowest BCUT2D eigenvalue weighted by molar-refractivity contribution is -0.175. The van der Waals surface area contributed by atoms with Gasteiger partial charge in [0.15, 0.2) is 6.04 Å². The summed E-state index contributed by atoms with van der Waals surface area (Å²) in [4.78, 5) is 38.1. The van der Waals surface area contributed by atoms with Crippen LogP contribution in [-0.4, -0.2) is 35.9 Å². The molecule has 1 saturated heterocycles. The third-order valence-corrected chi connectivity index (χ3v) is 4.31. The van der Waals surface area contributed by atoms with E-state index in [1.165, 1.54) is 12.0 Å². The van der Waals surface area contributed by atoms with Gasteiger partial charge in [-0.25, -0.2) is 9.59 Å². The molecule has 0 spiro atoms. The van der Waals surface area contributed by atoms with Crippen LogP contribution in [0.2, 0.25) is 0 Å². The largest absolute Gasteiger partial charge is 0.467 e. The fourth-order valence-electron chi connectivity index (χ4n) is 2.93. The molecule has 3 rings (SSSR count). The SMILES string of the molecule is COC(=O)C(c1ccccc1)N1C(=O)CC1C(=O)OCc1ccccc1. The molecule has 1 aliphatic heterocycles. The number of rotatable bonds is 6. The number of carbonyl (C=O) groups is 3. The molecule has 1 amide bonds. The monoisotopic (exact) mass is 353 g/mol. The molecule has 6 heteroatoms. The fourth-order valence-corrected chi connectivity index (χ4v) is 2.93. The van der Waals surface area contributed by atoms with Crippen molar-refractivity contribution in [2.45, 2.75) is 25.1 Å². The zero-order chi connectivity index (χ0) is 18.5. The number of carbonyl (C=O) groups excluding carboxylic acids is 3. The average Bonchev–Trinajstić information content (AvgIpc) is 2.69. The summed E-state index contributed by atoms with van der Waals surface area (Å²) in [5.74, 6) is -1.41. The van der Waals surface area contributed by atoms with Crippen molar-refractivity contribution in [3.63, 3.8) is 0 Å². The molecule has 2 aromatic carbocycles. The molecular formula is C20H19NO5. The summed E-state index contributed by atoms with van der Waals surface area (Å²) in [5.41, 5.74) is 1.44. The second-order valence-corrected chi connectivity index (χ2v) is 5.95. The van der Waals surface area contributed by atoms with E-state index < -0.39 is 24.0 Å². The van der Waals surface area contributed by atoms with Crippen LogP contribution in [0.1, 0.15) is 23.6 Å². The van der Waals surface area contributed by atoms with E-state index in [1.54, 1.807) is 30.3 Å². The van der Waals surface area contributed by atoms with Gasteiger partial charge in [0, 0.05) is 0 Å². The number of benzene rings is 2. The summed E-state index contributed by atoms with van der Waals surface area (Å²) in [6.45, 7) is 0.117. The number of methoxy groups -OCH3 is 1. The minimum absolute atomic E-state index is 0.0218. The Kier molecular flexibility index (Phi) is 5.31. The van der Waals surface area contributed by atoms with Crippen LogP contribution in [0.15, 0.2) is 60.7 Å². The van der Waals surface area contributed by atoms with Crippen LogP contribution in [0.5, 0.6) is 0 Å². The van der Waals surface area contributed by atoms with Crippen molar-refractivity contribution in [3.05, 3.63) is 71.8 Å². The van der Waals surface area contributed by atoms with Crippen molar-refractivity contribution in [3.8, 4) is 0 Å². The normalized spacial score (nSPS) is 17.2. The van der Waals surface area contributed by atoms with Gasteiger partial charge in [-0.1, -0.05) is 60.7 Å². The Labute approximate surface area is 151 Å². The molecule has 2 aromatic rings. The Morgan fingerprint density at radius 1 is 1.08 bits per heavy atom. The number of amides is 1. The van der Waals surface area contributed by atoms with Crippen molar-refractivity contribution in [2.24, 2.45) is 0 Å². The van der Waals surface area contributed by atoms with E-state index in [2.05, 4.69) is 0 Å². The maximum atomic E-state index is 12.4. The Hall–Kier alpha value is -3.15. The van der Waals surface area contributed by atoms with E-state index in [1.807, 2.05) is 30.3 Å². The van der Waals surface area contributed by atoms with E-state index in [9.17, 15) is 14.4 Å². The first kappa shape index (κ1) is 17.7. The lowest BCUT2D eigenvalue weighted by atomic mass is 9.94. The van der Waals surface area contributed by atoms with Crippen molar-refractivity contribution < 1.29 is 23.9 Å². The summed E-state index contributed by atoms with van der Waals surface area (Å²) < 4.78 is 10.2. The Bertz CT molecular complexity index is 790. The third-order valence-electron chi connectivity index (χ3n) is 4.31. The number of ether oxygens (including phenoxy) is 2. The molecule has 134 valence electrons. The van der Waals surface area contributed by atoms with Crippen LogP contribution in [0, 0.1) is 0 Å². The molecule has 6 nitrogen and oxygen atoms in total. The van der Waals surface area contributed by atoms with Gasteiger partial charge in [-0.3, -0.25) is 4.79 Å². The molecule has 1 aliphatic rings. The molecule has 0 N–H and O–H groups in total. The second kappa shape index (κ2) is 7.82. The highest BCUT2D eigenvalue weighted by Gasteiger charge is 2.49. The summed E-state index contributed by atoms with van der Waals surface area (Å²) in [6, 6.07) is 16.3. The molecule has 2 atom stereocenters. The van der Waals surface area contributed by atoms with E-state index in [4.69, 9.17) is 9.47 Å². The van der Waals surface area contributed by atoms with Gasteiger partial charge < -0.3 is 14.4 Å². The van der Waals surface area contributed by atoms with Crippen LogP contribution < -0.4 is 0 Å². The van der Waals surface area contributed by atoms with Gasteiger partial charge in [0.2, 0.25) is 5.91 Å². The van der Waals surface area contributed by atoms with Crippen molar-refractivity contribution >= 4 is 17.8 Å². The highest BCUT2D eigenvalue weighted by Crippen LogP contribution is 2.33. The van der Waals surface area contributed by atoms with Gasteiger partial charge in [0.1, 0.15) is 12.6 Å². The molecule has 0 aromatic heterocycles. The first-order valence-electron chi connectivity index (χ1n) is 8.26. The fraction of sp³-hybridized carbons (Fsp3) is 0.250. The van der Waals surface area contributed by atoms with Crippen molar-refractivity contribution in [1.82, 2.24) is 4.90 Å². The lowest BCUT2D eigenvalue weighted by Crippen LogP contribution is -2.59. The first-order chi connectivity index (χ1) is 12.6. The van der Waals surface area contributed by atoms with Crippen LogP contribution in [0.4, 0.5) is 0 Å². The molecule has 1 fully saturated rings. The van der Waals surface area contributed by atoms with Crippen LogP contribution in [0.3, 0.4) is 0 Å². The molecule has 0 saturated carbocycles. The minimum atomic E-state index is -0.961. The first-order valence-corrected chi connectivity index (χ1v) is 8.26. The Morgan fingerprint density at radius 3 is 2.27 bits per heavy atom. The summed E-state index contributed by atoms with van der Waals surface area (Å²) >= 11 is 0. The quantitative estimate of drug-likeness (QED) is 0.588. The van der Waals surface area contributed by atoms with Gasteiger partial charge in [-0.15, -0.1) is 0 Å². The molecular weight excluding hydrogens is 334 g/mol. The number of nitrogens with zero attached hydrogens (tertiary/aromatic N) is 1. The van der Waals surface area contributed by atoms with Crippen LogP contribution in [-0.2, 0) is 30.5 Å². The predicted molar refractivity (Wildman–Crippen MR) is 92.7 cm³/mol. The average molecular weight is 353 g/mol. The maximum absolute atomic E-state index is 12.4. The summed E-state index contributed by atoms with van der Waals surface area (Å²) in [5, 5.41) is 0. The molecule has 26 heavy (non-hydrogen) atoms. The molecule has 1 heterocycles. The van der Waals surface area contributed by atoms with Crippen LogP contribution in [0.25, 0.3) is 0 Å². The highest BCUT2D eigenvalue weighted by molar-refractivity contribution is 5.98. The number of likely N-dealkylation sites (tertiary alicyclic amines) is 1. The van der Waals surface area contributed by atoms with E-state index in [0.29, 0.717) is 5.56 Å². The molecule has 2 unspecified atom stereocenters. The Morgan fingerprint density at radius 2 is 1.69 bits per heavy atom. The standard InChI is InChI=1S/C20H19NO5/c1-25-20(24)18(15-10-6-3-7-11-15)21-16(12-17(21)22)19(23)26-13-14-8-4-2-5-9-14/h2-11,16,18H,12-13H2,1H3. The molecule has 0 radical (unpaired) electrons. The maximum Gasteiger partial charge on any atom is 0.333 e. The zero-order valence-electron chi connectivity index (χ0n) is 14.3. The molecule has 0 bridgehead atoms. The van der Waals surface area contributed by atoms with Gasteiger partial charge in [0.05, 0.1) is 13.5 Å². The zero-order valence-corrected chi connectivity index (χ0v) is 14.3. The number of esters is 2. The highest BCUT2D eigenvalue weighted by atomic mass is 16.5. The predicted octanol–water partition coefficient (Wildman–Crippen LogP) is 2.25. The van der Waals surface area contributed by atoms with Gasteiger partial charge in [-0.05, 0) is 11.1 Å². The smallest absolute Gasteiger partial charge is 0.333 e. The number of hydrogen-bond donors (Lipinski definition) is 0. The van der Waals surface area contributed by atoms with Gasteiger partial charge >= 0.3 is 11.9 Å². The van der Waals surface area contributed by atoms with Crippen LogP contribution >= 0.6 is 0 Å². The van der Waals surface area contributed by atoms with E-state index >= 15 is 0 Å². The number of hydrogen-bond acceptors (Lipinski definition) is 5. The minimum Gasteiger partial charge on any atom is -0.467 e. The van der Waals surface area contributed by atoms with Gasteiger partial charge in [-0.2, -0.15) is 0 Å². The molecule has 0 aliphatic carbocycles. The Balaban J connectivity index is 1.75. The van der Waals surface area contributed by atoms with E-state index in [-0.39, 0.29) is 18.9 Å². The summed E-state index contributed by atoms with van der Waals surface area (Å²) in [6.07, 6.45) is 0.0218. The topological polar surface area (TPSA) is 72.9 Å². The summed E-state index contributed by atoms with van der Waals surface area (Å²) in [7, 11) is 1.26. The van der Waals surface area contributed by atoms with Crippen molar-refractivity contribution in [2.75, 3.05) is 7.11 Å². The van der Waals surface area contributed by atoms with Gasteiger partial charge in [0.25, 0.3) is 0 Å².